The van der Waals surface area contributed by atoms with Crippen LogP contribution in [0.25, 0.3) is 0 Å². The molecule has 2 rings (SSSR count). The second-order valence-electron chi connectivity index (χ2n) is 3.42. The molecule has 0 saturated heterocycles. The van der Waals surface area contributed by atoms with Crippen LogP contribution in [0, 0.1) is 7.14 Å². The fourth-order valence-corrected chi connectivity index (χ4v) is 3.52. The van der Waals surface area contributed by atoms with Gasteiger partial charge in [-0.2, -0.15) is 8.42 Å². The van der Waals surface area contributed by atoms with E-state index in [1.54, 1.807) is 0 Å². The van der Waals surface area contributed by atoms with E-state index in [0.29, 0.717) is 0 Å². The highest BCUT2D eigenvalue weighted by molar-refractivity contribution is 7.79. The third kappa shape index (κ3) is 8.72. The predicted molar refractivity (Wildman–Crippen MR) is 74.5 cm³/mol. The molecule has 0 aliphatic heterocycles. The van der Waals surface area contributed by atoms with Gasteiger partial charge in [0, 0.05) is 10.0 Å². The molecule has 0 aromatic heterocycles. The van der Waals surface area contributed by atoms with Crippen LogP contribution in [0.4, 0.5) is 0 Å². The van der Waals surface area contributed by atoms with Crippen molar-refractivity contribution in [1.29, 1.82) is 0 Å². The van der Waals surface area contributed by atoms with E-state index in [9.17, 15) is 0 Å². The molecule has 0 unspecified atom stereocenters. The second kappa shape index (κ2) is 8.16. The predicted octanol–water partition coefficient (Wildman–Crippen LogP) is 0.469. The quantitative estimate of drug-likeness (QED) is 0.518. The number of benzene rings is 2. The Balaban J connectivity index is 0.000000347. The Morgan fingerprint density at radius 1 is 0.750 bits per heavy atom. The van der Waals surface area contributed by atoms with Crippen LogP contribution in [-0.2, 0) is 10.4 Å². The fourth-order valence-electron chi connectivity index (χ4n) is 1.11. The van der Waals surface area contributed by atoms with Gasteiger partial charge in [-0.25, -0.2) is 0 Å². The summed E-state index contributed by atoms with van der Waals surface area (Å²) in [6, 6.07) is 16.1. The number of halogens is 3. The minimum atomic E-state index is -4.67. The lowest BCUT2D eigenvalue weighted by atomic mass is 10.4. The van der Waals surface area contributed by atoms with E-state index in [-0.39, 0.29) is 21.2 Å². The molecule has 2 aromatic carbocycles. The van der Waals surface area contributed by atoms with Crippen LogP contribution in [0.1, 0.15) is 0 Å². The lowest BCUT2D eigenvalue weighted by Crippen LogP contribution is -3.61. The summed E-state index contributed by atoms with van der Waals surface area (Å²) >= 11 is 11.5. The van der Waals surface area contributed by atoms with E-state index in [4.69, 9.17) is 40.7 Å². The van der Waals surface area contributed by atoms with Gasteiger partial charge in [0.25, 0.3) is 0 Å². The van der Waals surface area contributed by atoms with Crippen molar-refractivity contribution < 1.29 is 38.7 Å². The minimum Gasteiger partial charge on any atom is -0.264 e. The average molecular weight is 448 g/mol. The van der Waals surface area contributed by atoms with Crippen LogP contribution in [0.15, 0.2) is 48.5 Å². The van der Waals surface area contributed by atoms with E-state index < -0.39 is 10.4 Å². The summed E-state index contributed by atoms with van der Waals surface area (Å²) in [4.78, 5) is 0. The van der Waals surface area contributed by atoms with Crippen LogP contribution < -0.4 is 21.2 Å². The minimum absolute atomic E-state index is 0.114. The first kappa shape index (κ1) is 17.7. The van der Waals surface area contributed by atoms with Crippen molar-refractivity contribution in [3.05, 3.63) is 65.7 Å². The third-order valence-electron chi connectivity index (χ3n) is 1.83. The standard InChI is InChI=1S/C12H8Cl2I.H2O4S/c13-9-1-5-11(6-2-9)15-12-7-3-10(14)4-8-12;1-5(2,3)4/h1-8H;(H2,1,2,3,4)/q+1;. The van der Waals surface area contributed by atoms with Crippen molar-refractivity contribution in [3.8, 4) is 0 Å². The van der Waals surface area contributed by atoms with Gasteiger partial charge in [-0.1, -0.05) is 23.2 Å². The number of hydrogen-bond acceptors (Lipinski definition) is 2. The van der Waals surface area contributed by atoms with Crippen molar-refractivity contribution in [2.45, 2.75) is 0 Å². The molecule has 0 aliphatic rings. The van der Waals surface area contributed by atoms with E-state index >= 15 is 0 Å². The first-order valence-corrected chi connectivity index (χ1v) is 9.41. The van der Waals surface area contributed by atoms with Crippen LogP contribution in [-0.4, -0.2) is 17.5 Å². The van der Waals surface area contributed by atoms with Gasteiger partial charge in [-0.15, -0.1) is 0 Å². The summed E-state index contributed by atoms with van der Waals surface area (Å²) in [7, 11) is -4.67. The maximum atomic E-state index is 8.74. The van der Waals surface area contributed by atoms with E-state index in [0.717, 1.165) is 10.0 Å². The molecule has 2 aromatic rings. The molecule has 0 amide bonds. The SMILES string of the molecule is Clc1ccc([I+]c2ccc(Cl)cc2)cc1.O=S(=O)(O)O. The Kier molecular flexibility index (Phi) is 7.21. The third-order valence-corrected chi connectivity index (χ3v) is 5.01. The molecular formula is C12H10Cl2IO4S+. The van der Waals surface area contributed by atoms with Crippen LogP contribution in [0.2, 0.25) is 10.0 Å². The topological polar surface area (TPSA) is 74.6 Å². The summed E-state index contributed by atoms with van der Waals surface area (Å²) in [6.07, 6.45) is 0. The van der Waals surface area contributed by atoms with Crippen molar-refractivity contribution in [3.63, 3.8) is 0 Å². The zero-order chi connectivity index (χ0) is 15.2. The zero-order valence-corrected chi connectivity index (χ0v) is 14.4. The van der Waals surface area contributed by atoms with Gasteiger partial charge in [0.1, 0.15) is 0 Å². The highest BCUT2D eigenvalue weighted by Gasteiger charge is 2.14. The maximum absolute atomic E-state index is 8.74. The summed E-state index contributed by atoms with van der Waals surface area (Å²) in [5.41, 5.74) is 0. The Hall–Kier alpha value is -0.380. The van der Waals surface area contributed by atoms with Gasteiger partial charge < -0.3 is 0 Å². The Labute approximate surface area is 137 Å². The highest BCUT2D eigenvalue weighted by atomic mass is 127. The molecule has 0 radical (unpaired) electrons. The summed E-state index contributed by atoms with van der Waals surface area (Å²) < 4.78 is 34.3. The lowest BCUT2D eigenvalue weighted by molar-refractivity contribution is -0.597. The fraction of sp³-hybridized carbons (Fsp3) is 0. The van der Waals surface area contributed by atoms with Gasteiger partial charge in [0.05, 0.1) is 0 Å². The molecule has 108 valence electrons. The molecule has 2 N–H and O–H groups in total. The molecule has 8 heteroatoms. The second-order valence-corrected chi connectivity index (χ2v) is 8.21. The smallest absolute Gasteiger partial charge is 0.264 e. The van der Waals surface area contributed by atoms with Gasteiger partial charge in [0.2, 0.25) is 0 Å². The molecule has 0 saturated carbocycles. The van der Waals surface area contributed by atoms with Crippen molar-refractivity contribution in [2.24, 2.45) is 0 Å². The molecule has 0 aliphatic carbocycles. The van der Waals surface area contributed by atoms with Gasteiger partial charge in [-0.3, -0.25) is 9.11 Å². The summed E-state index contributed by atoms with van der Waals surface area (Å²) in [5, 5.41) is 1.58. The van der Waals surface area contributed by atoms with Gasteiger partial charge >= 0.3 is 31.6 Å². The Morgan fingerprint density at radius 2 is 1.00 bits per heavy atom. The molecule has 20 heavy (non-hydrogen) atoms. The Morgan fingerprint density at radius 3 is 1.25 bits per heavy atom. The summed E-state index contributed by atoms with van der Waals surface area (Å²) in [5.74, 6) is 0. The molecule has 0 bridgehead atoms. The van der Waals surface area contributed by atoms with Crippen molar-refractivity contribution in [1.82, 2.24) is 0 Å². The first-order chi connectivity index (χ1) is 9.24. The van der Waals surface area contributed by atoms with Crippen LogP contribution in [0.3, 0.4) is 0 Å². The summed E-state index contributed by atoms with van der Waals surface area (Å²) in [6.45, 7) is 0. The molecule has 0 fully saturated rings. The normalized spacial score (nSPS) is 10.6. The zero-order valence-electron chi connectivity index (χ0n) is 9.87. The number of rotatable bonds is 2. The van der Waals surface area contributed by atoms with Crippen LogP contribution >= 0.6 is 23.2 Å². The monoisotopic (exact) mass is 447 g/mol. The lowest BCUT2D eigenvalue weighted by Gasteiger charge is -1.89. The Bertz CT molecular complexity index is 591. The maximum Gasteiger partial charge on any atom is 0.394 e. The van der Waals surface area contributed by atoms with Crippen molar-refractivity contribution >= 4 is 33.6 Å². The van der Waals surface area contributed by atoms with Crippen LogP contribution in [0.5, 0.6) is 0 Å². The number of hydrogen-bond donors (Lipinski definition) is 2. The molecule has 4 nitrogen and oxygen atoms in total. The van der Waals surface area contributed by atoms with E-state index in [1.807, 2.05) is 24.3 Å². The molecule has 0 spiro atoms. The largest absolute Gasteiger partial charge is 0.394 e. The van der Waals surface area contributed by atoms with E-state index in [2.05, 4.69) is 24.3 Å². The van der Waals surface area contributed by atoms with E-state index in [1.165, 1.54) is 7.14 Å². The van der Waals surface area contributed by atoms with Crippen molar-refractivity contribution in [2.75, 3.05) is 0 Å². The highest BCUT2D eigenvalue weighted by Crippen LogP contribution is 2.05. The van der Waals surface area contributed by atoms with Gasteiger partial charge in [0.15, 0.2) is 7.14 Å². The molecule has 0 atom stereocenters. The average Bonchev–Trinajstić information content (AvgIpc) is 2.33. The first-order valence-electron chi connectivity index (χ1n) is 5.10. The molecule has 0 heterocycles. The molecular weight excluding hydrogens is 438 g/mol. The van der Waals surface area contributed by atoms with Gasteiger partial charge in [-0.05, 0) is 48.5 Å².